The molecule has 2 amide bonds. The molecule has 2 fully saturated rings. The Morgan fingerprint density at radius 2 is 1.68 bits per heavy atom. The first-order valence-corrected chi connectivity index (χ1v) is 9.81. The van der Waals surface area contributed by atoms with Gasteiger partial charge in [0.1, 0.15) is 6.04 Å². The summed E-state index contributed by atoms with van der Waals surface area (Å²) < 4.78 is 39.5. The van der Waals surface area contributed by atoms with E-state index in [0.29, 0.717) is 0 Å². The Bertz CT molecular complexity index is 1160. The molecule has 0 radical (unpaired) electrons. The van der Waals surface area contributed by atoms with Crippen molar-refractivity contribution in [3.63, 3.8) is 0 Å². The highest BCUT2D eigenvalue weighted by Crippen LogP contribution is 2.49. The van der Waals surface area contributed by atoms with Crippen LogP contribution in [0.3, 0.4) is 0 Å². The molecule has 3 heterocycles. The number of carbonyl (C=O) groups is 3. The summed E-state index contributed by atoms with van der Waals surface area (Å²) in [5, 5.41) is 0. The molecule has 31 heavy (non-hydrogen) atoms. The first kappa shape index (κ1) is 19.5. The number of halogens is 3. The molecule has 4 atom stereocenters. The molecule has 0 spiro atoms. The lowest BCUT2D eigenvalue weighted by atomic mass is 9.88. The van der Waals surface area contributed by atoms with E-state index in [2.05, 4.69) is 0 Å². The van der Waals surface area contributed by atoms with Crippen molar-refractivity contribution < 1.29 is 27.6 Å². The minimum Gasteiger partial charge on any atom is -0.353 e. The summed E-state index contributed by atoms with van der Waals surface area (Å²) in [5.74, 6) is -3.30. The van der Waals surface area contributed by atoms with Crippen molar-refractivity contribution in [1.29, 1.82) is 0 Å². The lowest BCUT2D eigenvalue weighted by Gasteiger charge is -2.36. The molecule has 0 bridgehead atoms. The van der Waals surface area contributed by atoms with E-state index in [-0.39, 0.29) is 11.5 Å². The van der Waals surface area contributed by atoms with E-state index < -0.39 is 47.5 Å². The molecule has 0 aliphatic carbocycles. The number of alkyl halides is 3. The van der Waals surface area contributed by atoms with E-state index in [9.17, 15) is 27.6 Å². The summed E-state index contributed by atoms with van der Waals surface area (Å²) in [6, 6.07) is 10.1. The van der Waals surface area contributed by atoms with Gasteiger partial charge in [-0.05, 0) is 36.8 Å². The number of amides is 2. The van der Waals surface area contributed by atoms with E-state index in [4.69, 9.17) is 0 Å². The summed E-state index contributed by atoms with van der Waals surface area (Å²) in [5.41, 5.74) is 0.558. The van der Waals surface area contributed by atoms with Crippen molar-refractivity contribution in [3.8, 4) is 0 Å². The first-order chi connectivity index (χ1) is 14.7. The van der Waals surface area contributed by atoms with Crippen LogP contribution in [0, 0.1) is 11.8 Å². The number of para-hydroxylation sites is 1. The van der Waals surface area contributed by atoms with Crippen molar-refractivity contribution >= 4 is 35.0 Å². The average Bonchev–Trinajstić information content (AvgIpc) is 3.21. The van der Waals surface area contributed by atoms with Gasteiger partial charge < -0.3 is 4.90 Å². The molecule has 2 aromatic carbocycles. The number of carbonyl (C=O) groups excluding carboxylic acids is 3. The molecule has 3 aliphatic heterocycles. The second-order valence-corrected chi connectivity index (χ2v) is 7.98. The van der Waals surface area contributed by atoms with Crippen LogP contribution in [-0.2, 0) is 20.6 Å². The number of rotatable bonds is 2. The van der Waals surface area contributed by atoms with E-state index >= 15 is 0 Å². The van der Waals surface area contributed by atoms with Crippen LogP contribution in [0.4, 0.5) is 24.5 Å². The van der Waals surface area contributed by atoms with Gasteiger partial charge >= 0.3 is 6.18 Å². The van der Waals surface area contributed by atoms with Gasteiger partial charge in [-0.15, -0.1) is 0 Å². The molecule has 0 aromatic heterocycles. The van der Waals surface area contributed by atoms with E-state index in [0.717, 1.165) is 28.3 Å². The molecular weight excluding hydrogens is 409 g/mol. The summed E-state index contributed by atoms with van der Waals surface area (Å²) in [7, 11) is 0. The summed E-state index contributed by atoms with van der Waals surface area (Å²) in [6.45, 7) is 1.37. The fourth-order valence-corrected chi connectivity index (χ4v) is 5.05. The highest BCUT2D eigenvalue weighted by atomic mass is 19.4. The van der Waals surface area contributed by atoms with Crippen molar-refractivity contribution in [2.24, 2.45) is 11.8 Å². The summed E-state index contributed by atoms with van der Waals surface area (Å²) >= 11 is 0. The second-order valence-electron chi connectivity index (χ2n) is 7.98. The molecule has 0 unspecified atom stereocenters. The zero-order chi connectivity index (χ0) is 22.1. The predicted molar refractivity (Wildman–Crippen MR) is 107 cm³/mol. The Morgan fingerprint density at radius 1 is 0.968 bits per heavy atom. The maximum atomic E-state index is 13.3. The van der Waals surface area contributed by atoms with Crippen LogP contribution < -0.4 is 9.80 Å². The SMILES string of the molecule is CC(=O)[C@@H]1[C@@H]2C(=O)N(c3cccc(C(F)(F)F)c3)C(=O)[C@H]2[C@@H]2C=Cc3ccccc3N12. The lowest BCUT2D eigenvalue weighted by Crippen LogP contribution is -2.48. The van der Waals surface area contributed by atoms with Gasteiger partial charge in [0.05, 0.1) is 29.1 Å². The molecule has 2 saturated heterocycles. The standard InChI is InChI=1S/C23H17F3N2O3/c1-12(29)20-19-18(17-10-9-13-5-2-3-8-16(13)28(17)20)21(30)27(22(19)31)15-7-4-6-14(11-15)23(24,25)26/h2-11,17-20H,1H3/t17-,18-,19+,20+/m0/s1. The Hall–Kier alpha value is -3.42. The van der Waals surface area contributed by atoms with Crippen molar-refractivity contribution in [2.45, 2.75) is 25.2 Å². The van der Waals surface area contributed by atoms with Gasteiger partial charge in [0, 0.05) is 5.69 Å². The summed E-state index contributed by atoms with van der Waals surface area (Å²) in [6.07, 6.45) is -0.962. The van der Waals surface area contributed by atoms with E-state index in [1.807, 2.05) is 35.2 Å². The van der Waals surface area contributed by atoms with E-state index in [1.54, 1.807) is 6.08 Å². The number of Topliss-reactive ketones (excluding diaryl/α,β-unsaturated/α-hetero) is 1. The maximum absolute atomic E-state index is 13.3. The number of nitrogens with zero attached hydrogens (tertiary/aromatic N) is 2. The number of benzene rings is 2. The van der Waals surface area contributed by atoms with Crippen LogP contribution in [-0.4, -0.2) is 29.7 Å². The number of anilines is 2. The third kappa shape index (κ3) is 2.74. The van der Waals surface area contributed by atoms with Crippen molar-refractivity contribution in [2.75, 3.05) is 9.80 Å². The minimum absolute atomic E-state index is 0.131. The Labute approximate surface area is 175 Å². The fraction of sp³-hybridized carbons (Fsp3) is 0.261. The Kier molecular flexibility index (Phi) is 4.12. The first-order valence-electron chi connectivity index (χ1n) is 9.81. The quantitative estimate of drug-likeness (QED) is 0.688. The molecule has 5 nitrogen and oxygen atoms in total. The van der Waals surface area contributed by atoms with Crippen LogP contribution >= 0.6 is 0 Å². The maximum Gasteiger partial charge on any atom is 0.416 e. The van der Waals surface area contributed by atoms with Gasteiger partial charge in [0.15, 0.2) is 5.78 Å². The van der Waals surface area contributed by atoms with Gasteiger partial charge in [0.2, 0.25) is 11.8 Å². The predicted octanol–water partition coefficient (Wildman–Crippen LogP) is 3.68. The van der Waals surface area contributed by atoms with E-state index in [1.165, 1.54) is 19.1 Å². The van der Waals surface area contributed by atoms with Crippen LogP contribution in [0.1, 0.15) is 18.1 Å². The number of ketones is 1. The lowest BCUT2D eigenvalue weighted by molar-refractivity contribution is -0.137. The summed E-state index contributed by atoms with van der Waals surface area (Å²) in [4.78, 5) is 42.0. The molecule has 158 valence electrons. The third-order valence-electron chi connectivity index (χ3n) is 6.26. The topological polar surface area (TPSA) is 57.7 Å². The molecule has 3 aliphatic rings. The fourth-order valence-electron chi connectivity index (χ4n) is 5.05. The van der Waals surface area contributed by atoms with Gasteiger partial charge in [-0.3, -0.25) is 14.4 Å². The van der Waals surface area contributed by atoms with Gasteiger partial charge in [-0.1, -0.05) is 36.4 Å². The Morgan fingerprint density at radius 3 is 2.39 bits per heavy atom. The highest BCUT2D eigenvalue weighted by Gasteiger charge is 2.63. The number of hydrogen-bond donors (Lipinski definition) is 0. The molecule has 2 aromatic rings. The van der Waals surface area contributed by atoms with Crippen molar-refractivity contribution in [1.82, 2.24) is 0 Å². The zero-order valence-corrected chi connectivity index (χ0v) is 16.3. The normalized spacial score (nSPS) is 26.7. The monoisotopic (exact) mass is 426 g/mol. The van der Waals surface area contributed by atoms with Crippen LogP contribution in [0.25, 0.3) is 6.08 Å². The molecule has 8 heteroatoms. The largest absolute Gasteiger partial charge is 0.416 e. The van der Waals surface area contributed by atoms with Crippen LogP contribution in [0.5, 0.6) is 0 Å². The molecule has 0 N–H and O–H groups in total. The number of fused-ring (bicyclic) bond motifs is 5. The van der Waals surface area contributed by atoms with Gasteiger partial charge in [0.25, 0.3) is 0 Å². The second kappa shape index (κ2) is 6.54. The Balaban J connectivity index is 1.60. The van der Waals surface area contributed by atoms with Gasteiger partial charge in [-0.25, -0.2) is 4.90 Å². The number of hydrogen-bond acceptors (Lipinski definition) is 4. The van der Waals surface area contributed by atoms with Gasteiger partial charge in [-0.2, -0.15) is 13.2 Å². The van der Waals surface area contributed by atoms with Crippen LogP contribution in [0.2, 0.25) is 0 Å². The average molecular weight is 426 g/mol. The highest BCUT2D eigenvalue weighted by molar-refractivity contribution is 6.24. The third-order valence-corrected chi connectivity index (χ3v) is 6.26. The van der Waals surface area contributed by atoms with Crippen LogP contribution in [0.15, 0.2) is 54.6 Å². The van der Waals surface area contributed by atoms with Crippen molar-refractivity contribution in [3.05, 3.63) is 65.7 Å². The number of imide groups is 1. The minimum atomic E-state index is -4.60. The molecular formula is C23H17F3N2O3. The zero-order valence-electron chi connectivity index (χ0n) is 16.3. The molecule has 5 rings (SSSR count). The molecule has 0 saturated carbocycles. The smallest absolute Gasteiger partial charge is 0.353 e.